The summed E-state index contributed by atoms with van der Waals surface area (Å²) in [6.45, 7) is 9.35. The topological polar surface area (TPSA) is 50.8 Å². The lowest BCUT2D eigenvalue weighted by Crippen LogP contribution is -2.51. The molecule has 0 radical (unpaired) electrons. The van der Waals surface area contributed by atoms with Gasteiger partial charge in [-0.25, -0.2) is 4.79 Å². The van der Waals surface area contributed by atoms with Crippen molar-refractivity contribution in [1.29, 1.82) is 0 Å². The Balaban J connectivity index is 1.97. The van der Waals surface area contributed by atoms with E-state index in [0.29, 0.717) is 32.5 Å². The van der Waals surface area contributed by atoms with E-state index in [0.717, 1.165) is 11.4 Å². The Labute approximate surface area is 150 Å². The molecule has 1 aliphatic rings. The number of nitrogens with zero attached hydrogens (tertiary/aromatic N) is 1. The van der Waals surface area contributed by atoms with Gasteiger partial charge in [-0.15, -0.1) is 6.42 Å². The SMILES string of the molecule is C#CC1(Nc2ccc(OCC)cc2)CCN(C(=O)OC(C)(C)C)CC1. The van der Waals surface area contributed by atoms with Crippen LogP contribution in [0.4, 0.5) is 10.5 Å². The van der Waals surface area contributed by atoms with E-state index in [2.05, 4.69) is 11.2 Å². The number of amides is 1. The summed E-state index contributed by atoms with van der Waals surface area (Å²) >= 11 is 0. The van der Waals surface area contributed by atoms with Crippen molar-refractivity contribution >= 4 is 11.8 Å². The monoisotopic (exact) mass is 344 g/mol. The maximum Gasteiger partial charge on any atom is 0.410 e. The Morgan fingerprint density at radius 1 is 1.28 bits per heavy atom. The fourth-order valence-corrected chi connectivity index (χ4v) is 2.78. The molecule has 0 aliphatic carbocycles. The van der Waals surface area contributed by atoms with Crippen molar-refractivity contribution in [1.82, 2.24) is 4.90 Å². The minimum atomic E-state index is -0.488. The molecule has 0 atom stereocenters. The molecule has 1 aromatic rings. The number of piperidine rings is 1. The van der Waals surface area contributed by atoms with Crippen LogP contribution < -0.4 is 10.1 Å². The second-order valence-corrected chi connectivity index (χ2v) is 7.28. The number of hydrogen-bond acceptors (Lipinski definition) is 4. The second kappa shape index (κ2) is 7.69. The number of ether oxygens (including phenoxy) is 2. The first-order valence-corrected chi connectivity index (χ1v) is 8.74. The van der Waals surface area contributed by atoms with Gasteiger partial charge in [0.1, 0.15) is 16.9 Å². The van der Waals surface area contributed by atoms with Crippen molar-refractivity contribution in [2.75, 3.05) is 25.0 Å². The predicted octanol–water partition coefficient (Wildman–Crippen LogP) is 3.90. The Kier molecular flexibility index (Phi) is 5.84. The maximum absolute atomic E-state index is 12.2. The zero-order valence-electron chi connectivity index (χ0n) is 15.6. The minimum Gasteiger partial charge on any atom is -0.494 e. The van der Waals surface area contributed by atoms with Gasteiger partial charge in [0, 0.05) is 18.8 Å². The number of benzene rings is 1. The van der Waals surface area contributed by atoms with E-state index in [1.165, 1.54) is 0 Å². The van der Waals surface area contributed by atoms with Crippen LogP contribution in [0, 0.1) is 12.3 Å². The molecule has 0 unspecified atom stereocenters. The van der Waals surface area contributed by atoms with Gasteiger partial charge in [0.05, 0.1) is 6.61 Å². The highest BCUT2D eigenvalue weighted by atomic mass is 16.6. The van der Waals surface area contributed by atoms with E-state index in [9.17, 15) is 4.79 Å². The first-order chi connectivity index (χ1) is 11.8. The molecular weight excluding hydrogens is 316 g/mol. The normalized spacial score (nSPS) is 16.7. The number of nitrogens with one attached hydrogen (secondary N) is 1. The summed E-state index contributed by atoms with van der Waals surface area (Å²) in [5.74, 6) is 3.73. The lowest BCUT2D eigenvalue weighted by Gasteiger charge is -2.40. The molecule has 1 N–H and O–H groups in total. The van der Waals surface area contributed by atoms with Crippen LogP contribution in [0.1, 0.15) is 40.5 Å². The molecule has 0 saturated carbocycles. The van der Waals surface area contributed by atoms with Crippen LogP contribution in [0.25, 0.3) is 0 Å². The first kappa shape index (κ1) is 19.0. The van der Waals surface area contributed by atoms with Gasteiger partial charge < -0.3 is 19.7 Å². The number of anilines is 1. The average molecular weight is 344 g/mol. The number of terminal acetylenes is 1. The number of carbonyl (C=O) groups excluding carboxylic acids is 1. The van der Waals surface area contributed by atoms with Crippen molar-refractivity contribution in [2.24, 2.45) is 0 Å². The molecule has 25 heavy (non-hydrogen) atoms. The highest BCUT2D eigenvalue weighted by Crippen LogP contribution is 2.28. The van der Waals surface area contributed by atoms with Gasteiger partial charge in [0.25, 0.3) is 0 Å². The number of carbonyl (C=O) groups is 1. The molecule has 5 heteroatoms. The molecule has 1 saturated heterocycles. The molecule has 1 aromatic carbocycles. The lowest BCUT2D eigenvalue weighted by atomic mass is 9.88. The molecule has 1 heterocycles. The third-order valence-electron chi connectivity index (χ3n) is 4.09. The summed E-state index contributed by atoms with van der Waals surface area (Å²) in [7, 11) is 0. The third-order valence-corrected chi connectivity index (χ3v) is 4.09. The molecule has 5 nitrogen and oxygen atoms in total. The summed E-state index contributed by atoms with van der Waals surface area (Å²) < 4.78 is 10.9. The molecule has 0 spiro atoms. The fraction of sp³-hybridized carbons (Fsp3) is 0.550. The van der Waals surface area contributed by atoms with Gasteiger partial charge >= 0.3 is 6.09 Å². The van der Waals surface area contributed by atoms with Crippen molar-refractivity contribution in [3.05, 3.63) is 24.3 Å². The second-order valence-electron chi connectivity index (χ2n) is 7.28. The summed E-state index contributed by atoms with van der Waals surface area (Å²) in [6.07, 6.45) is 6.89. The van der Waals surface area contributed by atoms with E-state index in [-0.39, 0.29) is 6.09 Å². The molecule has 2 rings (SSSR count). The van der Waals surface area contributed by atoms with Crippen LogP contribution in [0.3, 0.4) is 0 Å². The van der Waals surface area contributed by atoms with Crippen molar-refractivity contribution in [3.8, 4) is 18.1 Å². The molecule has 1 fully saturated rings. The lowest BCUT2D eigenvalue weighted by molar-refractivity contribution is 0.0195. The standard InChI is InChI=1S/C20H28N2O3/c1-6-20(21-16-8-10-17(11-9-16)24-7-2)12-14-22(15-13-20)18(23)25-19(3,4)5/h1,8-11,21H,7,12-15H2,2-5H3. The number of hydrogen-bond donors (Lipinski definition) is 1. The Morgan fingerprint density at radius 3 is 2.36 bits per heavy atom. The zero-order valence-corrected chi connectivity index (χ0v) is 15.6. The van der Waals surface area contributed by atoms with E-state index in [1.807, 2.05) is 52.0 Å². The quantitative estimate of drug-likeness (QED) is 0.842. The third kappa shape index (κ3) is 5.32. The van der Waals surface area contributed by atoms with Gasteiger partial charge in [0.15, 0.2) is 0 Å². The highest BCUT2D eigenvalue weighted by Gasteiger charge is 2.35. The molecule has 1 aliphatic heterocycles. The fourth-order valence-electron chi connectivity index (χ4n) is 2.78. The minimum absolute atomic E-state index is 0.279. The van der Waals surface area contributed by atoms with E-state index in [4.69, 9.17) is 15.9 Å². The van der Waals surface area contributed by atoms with Gasteiger partial charge in [-0.05, 0) is 64.8 Å². The highest BCUT2D eigenvalue weighted by molar-refractivity contribution is 5.68. The largest absolute Gasteiger partial charge is 0.494 e. The molecule has 1 amide bonds. The molecule has 136 valence electrons. The number of likely N-dealkylation sites (tertiary alicyclic amines) is 1. The smallest absolute Gasteiger partial charge is 0.410 e. The van der Waals surface area contributed by atoms with Crippen LogP contribution in [0.5, 0.6) is 5.75 Å². The Morgan fingerprint density at radius 2 is 1.88 bits per heavy atom. The summed E-state index contributed by atoms with van der Waals surface area (Å²) in [6, 6.07) is 7.77. The van der Waals surface area contributed by atoms with E-state index < -0.39 is 11.1 Å². The van der Waals surface area contributed by atoms with Gasteiger partial charge in [-0.1, -0.05) is 5.92 Å². The van der Waals surface area contributed by atoms with Crippen molar-refractivity contribution < 1.29 is 14.3 Å². The zero-order chi connectivity index (χ0) is 18.5. The van der Waals surface area contributed by atoms with E-state index in [1.54, 1.807) is 4.90 Å². The van der Waals surface area contributed by atoms with Crippen LogP contribution in [-0.4, -0.2) is 41.8 Å². The summed E-state index contributed by atoms with van der Waals surface area (Å²) in [5.41, 5.74) is 0.0105. The molecule has 0 bridgehead atoms. The van der Waals surface area contributed by atoms with Crippen molar-refractivity contribution in [2.45, 2.75) is 51.7 Å². The van der Waals surface area contributed by atoms with Gasteiger partial charge in [-0.3, -0.25) is 0 Å². The van der Waals surface area contributed by atoms with Gasteiger partial charge in [0.2, 0.25) is 0 Å². The number of rotatable bonds is 4. The predicted molar refractivity (Wildman–Crippen MR) is 99.8 cm³/mol. The van der Waals surface area contributed by atoms with Crippen LogP contribution >= 0.6 is 0 Å². The van der Waals surface area contributed by atoms with Crippen LogP contribution in [0.15, 0.2) is 24.3 Å². The maximum atomic E-state index is 12.2. The van der Waals surface area contributed by atoms with Crippen LogP contribution in [-0.2, 0) is 4.74 Å². The van der Waals surface area contributed by atoms with E-state index >= 15 is 0 Å². The first-order valence-electron chi connectivity index (χ1n) is 8.74. The van der Waals surface area contributed by atoms with Crippen molar-refractivity contribution in [3.63, 3.8) is 0 Å². The van der Waals surface area contributed by atoms with Crippen LogP contribution in [0.2, 0.25) is 0 Å². The average Bonchev–Trinajstić information content (AvgIpc) is 2.56. The molecule has 0 aromatic heterocycles. The Bertz CT molecular complexity index is 618. The summed E-state index contributed by atoms with van der Waals surface area (Å²) in [5, 5.41) is 3.45. The Hall–Kier alpha value is -2.35. The summed E-state index contributed by atoms with van der Waals surface area (Å²) in [4.78, 5) is 13.9. The van der Waals surface area contributed by atoms with Gasteiger partial charge in [-0.2, -0.15) is 0 Å². The molecular formula is C20H28N2O3.